The Morgan fingerprint density at radius 3 is 2.68 bits per heavy atom. The Morgan fingerprint density at radius 2 is 2.00 bits per heavy atom. The Morgan fingerprint density at radius 1 is 1.21 bits per heavy atom. The van der Waals surface area contributed by atoms with E-state index in [-0.39, 0.29) is 23.9 Å². The zero-order valence-electron chi connectivity index (χ0n) is 11.5. The van der Waals surface area contributed by atoms with Crippen molar-refractivity contribution in [2.45, 2.75) is 45.1 Å². The van der Waals surface area contributed by atoms with Crippen LogP contribution in [0.1, 0.15) is 38.2 Å². The topological polar surface area (TPSA) is 43.7 Å². The SMILES string of the molecule is CCCN1CCCCC1Cc1ccc(O)c(O)c1.Cl. The maximum Gasteiger partial charge on any atom is 0.157 e. The molecule has 0 bridgehead atoms. The molecule has 4 heteroatoms. The third kappa shape index (κ3) is 4.29. The number of benzene rings is 1. The van der Waals surface area contributed by atoms with E-state index in [4.69, 9.17) is 0 Å². The quantitative estimate of drug-likeness (QED) is 0.834. The van der Waals surface area contributed by atoms with Gasteiger partial charge in [0.2, 0.25) is 0 Å². The molecule has 2 rings (SSSR count). The molecule has 1 aliphatic heterocycles. The lowest BCUT2D eigenvalue weighted by Crippen LogP contribution is -2.41. The average Bonchev–Trinajstić information content (AvgIpc) is 2.37. The first-order valence-corrected chi connectivity index (χ1v) is 6.95. The molecule has 0 saturated carbocycles. The van der Waals surface area contributed by atoms with E-state index in [1.54, 1.807) is 12.1 Å². The fourth-order valence-electron chi connectivity index (χ4n) is 2.84. The van der Waals surface area contributed by atoms with E-state index in [0.717, 1.165) is 18.5 Å². The number of hydrogen-bond donors (Lipinski definition) is 2. The van der Waals surface area contributed by atoms with Gasteiger partial charge in [-0.2, -0.15) is 0 Å². The van der Waals surface area contributed by atoms with Crippen LogP contribution in [0, 0.1) is 0 Å². The largest absolute Gasteiger partial charge is 0.504 e. The molecule has 1 heterocycles. The molecule has 1 saturated heterocycles. The maximum atomic E-state index is 9.54. The number of aromatic hydroxyl groups is 2. The van der Waals surface area contributed by atoms with Crippen LogP contribution >= 0.6 is 12.4 Å². The number of likely N-dealkylation sites (tertiary alicyclic amines) is 1. The van der Waals surface area contributed by atoms with Crippen LogP contribution in [0.25, 0.3) is 0 Å². The molecule has 0 aromatic heterocycles. The molecular weight excluding hydrogens is 262 g/mol. The molecule has 0 amide bonds. The molecule has 2 N–H and O–H groups in total. The first-order valence-electron chi connectivity index (χ1n) is 6.95. The lowest BCUT2D eigenvalue weighted by molar-refractivity contribution is 0.147. The molecule has 0 spiro atoms. The molecule has 1 aromatic rings. The summed E-state index contributed by atoms with van der Waals surface area (Å²) in [5, 5.41) is 18.9. The summed E-state index contributed by atoms with van der Waals surface area (Å²) in [6.07, 6.45) is 6.00. The molecule has 1 atom stereocenters. The Hall–Kier alpha value is -0.930. The van der Waals surface area contributed by atoms with Crippen LogP contribution < -0.4 is 0 Å². The Bertz CT molecular complexity index is 396. The highest BCUT2D eigenvalue weighted by molar-refractivity contribution is 5.85. The van der Waals surface area contributed by atoms with Crippen molar-refractivity contribution >= 4 is 12.4 Å². The monoisotopic (exact) mass is 285 g/mol. The third-order valence-electron chi connectivity index (χ3n) is 3.77. The number of nitrogens with zero attached hydrogens (tertiary/aromatic N) is 1. The van der Waals surface area contributed by atoms with Crippen LogP contribution in [0.5, 0.6) is 11.5 Å². The highest BCUT2D eigenvalue weighted by atomic mass is 35.5. The molecule has 1 aromatic carbocycles. The Balaban J connectivity index is 0.00000180. The summed E-state index contributed by atoms with van der Waals surface area (Å²) in [4.78, 5) is 2.56. The van der Waals surface area contributed by atoms with Gasteiger partial charge in [0.25, 0.3) is 0 Å². The van der Waals surface area contributed by atoms with E-state index < -0.39 is 0 Å². The van der Waals surface area contributed by atoms with Gasteiger partial charge in [-0.05, 0) is 56.5 Å². The van der Waals surface area contributed by atoms with Crippen LogP contribution in [0.3, 0.4) is 0 Å². The molecule has 1 fully saturated rings. The van der Waals surface area contributed by atoms with E-state index in [9.17, 15) is 10.2 Å². The summed E-state index contributed by atoms with van der Waals surface area (Å²) in [6.45, 7) is 4.58. The summed E-state index contributed by atoms with van der Waals surface area (Å²) in [6, 6.07) is 5.77. The zero-order chi connectivity index (χ0) is 13.0. The summed E-state index contributed by atoms with van der Waals surface area (Å²) in [5.41, 5.74) is 1.11. The smallest absolute Gasteiger partial charge is 0.157 e. The minimum atomic E-state index is -0.0344. The van der Waals surface area contributed by atoms with Gasteiger partial charge in [0.05, 0.1) is 0 Å². The van der Waals surface area contributed by atoms with Crippen molar-refractivity contribution in [2.75, 3.05) is 13.1 Å². The fraction of sp³-hybridized carbons (Fsp3) is 0.600. The number of halogens is 1. The molecule has 1 aliphatic rings. The van der Waals surface area contributed by atoms with Crippen LogP contribution in [0.15, 0.2) is 18.2 Å². The molecular formula is C15H24ClNO2. The molecule has 1 unspecified atom stereocenters. The van der Waals surface area contributed by atoms with Crippen LogP contribution in [0.2, 0.25) is 0 Å². The van der Waals surface area contributed by atoms with Crippen molar-refractivity contribution < 1.29 is 10.2 Å². The summed E-state index contributed by atoms with van der Waals surface area (Å²) in [5.74, 6) is -0.0434. The van der Waals surface area contributed by atoms with Gasteiger partial charge in [-0.15, -0.1) is 12.4 Å². The lowest BCUT2D eigenvalue weighted by Gasteiger charge is -2.35. The summed E-state index contributed by atoms with van der Waals surface area (Å²) >= 11 is 0. The Labute approximate surface area is 121 Å². The van der Waals surface area contributed by atoms with Crippen molar-refractivity contribution in [2.24, 2.45) is 0 Å². The molecule has 19 heavy (non-hydrogen) atoms. The zero-order valence-corrected chi connectivity index (χ0v) is 12.3. The fourth-order valence-corrected chi connectivity index (χ4v) is 2.84. The van der Waals surface area contributed by atoms with Gasteiger partial charge in [0.1, 0.15) is 0 Å². The predicted octanol–water partition coefficient (Wildman–Crippen LogP) is 3.33. The first kappa shape index (κ1) is 16.1. The third-order valence-corrected chi connectivity index (χ3v) is 3.77. The van der Waals surface area contributed by atoms with Gasteiger partial charge in [0.15, 0.2) is 11.5 Å². The summed E-state index contributed by atoms with van der Waals surface area (Å²) in [7, 11) is 0. The van der Waals surface area contributed by atoms with Gasteiger partial charge in [0, 0.05) is 6.04 Å². The van der Waals surface area contributed by atoms with Crippen molar-refractivity contribution in [1.82, 2.24) is 4.90 Å². The Kier molecular flexibility index (Phi) is 6.46. The maximum absolute atomic E-state index is 9.54. The number of phenols is 2. The van der Waals surface area contributed by atoms with E-state index in [2.05, 4.69) is 11.8 Å². The van der Waals surface area contributed by atoms with Gasteiger partial charge >= 0.3 is 0 Å². The number of phenolic OH excluding ortho intramolecular Hbond substituents is 2. The van der Waals surface area contributed by atoms with Crippen LogP contribution in [-0.4, -0.2) is 34.2 Å². The van der Waals surface area contributed by atoms with E-state index in [1.807, 2.05) is 6.07 Å². The van der Waals surface area contributed by atoms with Crippen molar-refractivity contribution in [3.63, 3.8) is 0 Å². The second kappa shape index (κ2) is 7.61. The molecule has 0 aliphatic carbocycles. The van der Waals surface area contributed by atoms with E-state index in [1.165, 1.54) is 32.2 Å². The van der Waals surface area contributed by atoms with Gasteiger partial charge < -0.3 is 15.1 Å². The first-order chi connectivity index (χ1) is 8.70. The van der Waals surface area contributed by atoms with Crippen molar-refractivity contribution in [3.8, 4) is 11.5 Å². The molecule has 108 valence electrons. The van der Waals surface area contributed by atoms with E-state index in [0.29, 0.717) is 6.04 Å². The van der Waals surface area contributed by atoms with Gasteiger partial charge in [-0.3, -0.25) is 0 Å². The number of piperidine rings is 1. The number of rotatable bonds is 4. The number of hydrogen-bond acceptors (Lipinski definition) is 3. The minimum absolute atomic E-state index is 0. The predicted molar refractivity (Wildman–Crippen MR) is 80.2 cm³/mol. The van der Waals surface area contributed by atoms with E-state index >= 15 is 0 Å². The van der Waals surface area contributed by atoms with Crippen molar-refractivity contribution in [1.29, 1.82) is 0 Å². The molecule has 3 nitrogen and oxygen atoms in total. The van der Waals surface area contributed by atoms with Crippen LogP contribution in [0.4, 0.5) is 0 Å². The summed E-state index contributed by atoms with van der Waals surface area (Å²) < 4.78 is 0. The van der Waals surface area contributed by atoms with Crippen LogP contribution in [-0.2, 0) is 6.42 Å². The standard InChI is InChI=1S/C15H23NO2.ClH/c1-2-8-16-9-4-3-5-13(16)10-12-6-7-14(17)15(18)11-12;/h6-7,11,13,17-18H,2-5,8-10H2,1H3;1H. The highest BCUT2D eigenvalue weighted by Crippen LogP contribution is 2.27. The molecule has 0 radical (unpaired) electrons. The second-order valence-electron chi connectivity index (χ2n) is 5.21. The van der Waals surface area contributed by atoms with Gasteiger partial charge in [-0.25, -0.2) is 0 Å². The lowest BCUT2D eigenvalue weighted by atomic mass is 9.95. The average molecular weight is 286 g/mol. The minimum Gasteiger partial charge on any atom is -0.504 e. The normalized spacial score (nSPS) is 19.9. The van der Waals surface area contributed by atoms with Gasteiger partial charge in [-0.1, -0.05) is 19.4 Å². The highest BCUT2D eigenvalue weighted by Gasteiger charge is 2.21. The second-order valence-corrected chi connectivity index (χ2v) is 5.21. The van der Waals surface area contributed by atoms with Crippen molar-refractivity contribution in [3.05, 3.63) is 23.8 Å².